The molecule has 1 aliphatic carbocycles. The van der Waals surface area contributed by atoms with Crippen LogP contribution in [0.1, 0.15) is 23.4 Å². The van der Waals surface area contributed by atoms with Crippen LogP contribution in [-0.2, 0) is 19.4 Å². The van der Waals surface area contributed by atoms with Crippen molar-refractivity contribution < 1.29 is 4.74 Å². The number of thioether (sulfide) groups is 1. The normalized spacial score (nSPS) is 16.4. The molecule has 0 spiro atoms. The van der Waals surface area contributed by atoms with E-state index in [2.05, 4.69) is 33.8 Å². The molecule has 1 aromatic carbocycles. The van der Waals surface area contributed by atoms with E-state index in [9.17, 15) is 0 Å². The monoisotopic (exact) mass is 288 g/mol. The van der Waals surface area contributed by atoms with E-state index in [1.54, 1.807) is 11.8 Å². The van der Waals surface area contributed by atoms with Crippen LogP contribution in [0.25, 0.3) is 0 Å². The summed E-state index contributed by atoms with van der Waals surface area (Å²) in [7, 11) is 0. The van der Waals surface area contributed by atoms with Gasteiger partial charge in [-0.15, -0.1) is 10.2 Å². The summed E-state index contributed by atoms with van der Waals surface area (Å²) in [6, 6.07) is 6.41. The van der Waals surface area contributed by atoms with Gasteiger partial charge in [-0.2, -0.15) is 0 Å². The average Bonchev–Trinajstić information content (AvgIpc) is 3.11. The van der Waals surface area contributed by atoms with Gasteiger partial charge in [0.25, 0.3) is 0 Å². The molecule has 0 bridgehead atoms. The van der Waals surface area contributed by atoms with E-state index in [1.807, 2.05) is 4.68 Å². The fraction of sp³-hybridized carbons (Fsp3) is 0.429. The Labute approximate surface area is 121 Å². The molecule has 104 valence electrons. The predicted octanol–water partition coefficient (Wildman–Crippen LogP) is 1.99. The first kappa shape index (κ1) is 12.1. The lowest BCUT2D eigenvalue weighted by molar-refractivity contribution is 0.290. The molecule has 2 aliphatic rings. The van der Waals surface area contributed by atoms with E-state index in [-0.39, 0.29) is 0 Å². The van der Waals surface area contributed by atoms with Crippen molar-refractivity contribution in [3.05, 3.63) is 35.2 Å². The summed E-state index contributed by atoms with van der Waals surface area (Å²) in [5.41, 5.74) is 6.18. The lowest BCUT2D eigenvalue weighted by Crippen LogP contribution is -2.25. The molecule has 0 fully saturated rings. The average molecular weight is 288 g/mol. The Morgan fingerprint density at radius 1 is 1.25 bits per heavy atom. The van der Waals surface area contributed by atoms with Crippen LogP contribution >= 0.6 is 11.8 Å². The van der Waals surface area contributed by atoms with Crippen molar-refractivity contribution in [2.24, 2.45) is 0 Å². The highest BCUT2D eigenvalue weighted by Gasteiger charge is 2.17. The zero-order valence-corrected chi connectivity index (χ0v) is 11.9. The fourth-order valence-electron chi connectivity index (χ4n) is 2.73. The molecule has 6 heteroatoms. The zero-order valence-electron chi connectivity index (χ0n) is 11.1. The Morgan fingerprint density at radius 3 is 3.20 bits per heavy atom. The van der Waals surface area contributed by atoms with E-state index >= 15 is 0 Å². The van der Waals surface area contributed by atoms with Gasteiger partial charge in [-0.3, -0.25) is 0 Å². The first-order chi connectivity index (χ1) is 9.90. The Morgan fingerprint density at radius 2 is 2.20 bits per heavy atom. The minimum Gasteiger partial charge on any atom is -0.486 e. The molecule has 0 unspecified atom stereocenters. The second-order valence-electron chi connectivity index (χ2n) is 5.06. The molecule has 0 amide bonds. The van der Waals surface area contributed by atoms with Crippen LogP contribution in [0.3, 0.4) is 0 Å². The topological polar surface area (TPSA) is 52.0 Å². The number of fused-ring (bicyclic) bond motifs is 2. The van der Waals surface area contributed by atoms with Gasteiger partial charge in [0.15, 0.2) is 5.82 Å². The van der Waals surface area contributed by atoms with Crippen molar-refractivity contribution in [3.8, 4) is 5.75 Å². The number of nitrogens with zero attached hydrogens (tertiary/aromatic N) is 3. The number of hydrogen-bond acceptors (Lipinski definition) is 5. The Bertz CT molecular complexity index is 640. The first-order valence-corrected chi connectivity index (χ1v) is 7.94. The smallest absolute Gasteiger partial charge is 0.210 e. The van der Waals surface area contributed by atoms with Gasteiger partial charge in [0.05, 0.1) is 0 Å². The highest BCUT2D eigenvalue weighted by Crippen LogP contribution is 2.26. The van der Waals surface area contributed by atoms with Crippen LogP contribution in [0.5, 0.6) is 5.75 Å². The van der Waals surface area contributed by atoms with Gasteiger partial charge in [0.1, 0.15) is 12.4 Å². The van der Waals surface area contributed by atoms with E-state index in [0.29, 0.717) is 6.61 Å². The number of benzene rings is 1. The number of rotatable bonds is 3. The Kier molecular flexibility index (Phi) is 3.03. The van der Waals surface area contributed by atoms with Crippen molar-refractivity contribution in [1.29, 1.82) is 0 Å². The maximum absolute atomic E-state index is 5.87. The molecule has 2 aromatic rings. The molecule has 0 saturated carbocycles. The Hall–Kier alpha value is -1.69. The molecule has 2 heterocycles. The number of hydrogen-bond donors (Lipinski definition) is 1. The maximum atomic E-state index is 5.87. The molecular weight excluding hydrogens is 272 g/mol. The van der Waals surface area contributed by atoms with Gasteiger partial charge in [0.2, 0.25) is 5.16 Å². The summed E-state index contributed by atoms with van der Waals surface area (Å²) in [6.07, 6.45) is 3.64. The van der Waals surface area contributed by atoms with Gasteiger partial charge in [-0.25, -0.2) is 4.68 Å². The highest BCUT2D eigenvalue weighted by atomic mass is 32.2. The quantitative estimate of drug-likeness (QED) is 0.936. The van der Waals surface area contributed by atoms with Crippen molar-refractivity contribution in [1.82, 2.24) is 14.9 Å². The van der Waals surface area contributed by atoms with E-state index < -0.39 is 0 Å². The lowest BCUT2D eigenvalue weighted by Gasteiger charge is -2.16. The third kappa shape index (κ3) is 2.14. The number of aromatic nitrogens is 3. The number of ether oxygens (including phenoxy) is 1. The molecule has 20 heavy (non-hydrogen) atoms. The van der Waals surface area contributed by atoms with Crippen LogP contribution in [0.4, 0.5) is 0 Å². The van der Waals surface area contributed by atoms with E-state index in [1.165, 1.54) is 30.4 Å². The summed E-state index contributed by atoms with van der Waals surface area (Å²) in [6.45, 7) is 1.38. The van der Waals surface area contributed by atoms with Crippen LogP contribution < -0.4 is 10.2 Å². The Balaban J connectivity index is 1.49. The molecule has 0 saturated heterocycles. The highest BCUT2D eigenvalue weighted by molar-refractivity contribution is 7.99. The van der Waals surface area contributed by atoms with Crippen LogP contribution in [0, 0.1) is 0 Å². The summed E-state index contributed by atoms with van der Waals surface area (Å²) < 4.78 is 7.80. The zero-order chi connectivity index (χ0) is 13.4. The summed E-state index contributed by atoms with van der Waals surface area (Å²) >= 11 is 1.72. The maximum Gasteiger partial charge on any atom is 0.210 e. The summed E-state index contributed by atoms with van der Waals surface area (Å²) in [5.74, 6) is 2.78. The first-order valence-electron chi connectivity index (χ1n) is 6.96. The lowest BCUT2D eigenvalue weighted by atomic mass is 10.1. The van der Waals surface area contributed by atoms with Crippen LogP contribution in [0.15, 0.2) is 23.4 Å². The molecule has 1 aromatic heterocycles. The summed E-state index contributed by atoms with van der Waals surface area (Å²) in [5, 5.41) is 9.27. The van der Waals surface area contributed by atoms with Gasteiger partial charge in [0, 0.05) is 12.3 Å². The van der Waals surface area contributed by atoms with E-state index in [4.69, 9.17) is 4.74 Å². The van der Waals surface area contributed by atoms with E-state index in [0.717, 1.165) is 29.0 Å². The minimum absolute atomic E-state index is 0.444. The number of aryl methyl sites for hydroxylation is 2. The molecule has 0 atom stereocenters. The molecule has 5 nitrogen and oxygen atoms in total. The second-order valence-corrected chi connectivity index (χ2v) is 6.13. The molecule has 4 rings (SSSR count). The van der Waals surface area contributed by atoms with Crippen molar-refractivity contribution in [2.45, 2.75) is 31.0 Å². The van der Waals surface area contributed by atoms with Crippen molar-refractivity contribution in [3.63, 3.8) is 0 Å². The largest absolute Gasteiger partial charge is 0.486 e. The fourth-order valence-corrected chi connectivity index (χ4v) is 3.51. The van der Waals surface area contributed by atoms with Gasteiger partial charge in [-0.1, -0.05) is 17.8 Å². The second kappa shape index (κ2) is 5.01. The van der Waals surface area contributed by atoms with Crippen molar-refractivity contribution >= 4 is 11.8 Å². The molecule has 1 aliphatic heterocycles. The van der Waals surface area contributed by atoms with Crippen molar-refractivity contribution in [2.75, 3.05) is 17.7 Å². The SMILES string of the molecule is c1cc2c(cc1OCc1nnc3n1NCCS3)CCC2. The number of nitrogens with one attached hydrogen (secondary N) is 1. The standard InChI is InChI=1S/C14H16N4OS/c1-2-10-4-5-12(8-11(10)3-1)19-9-13-16-17-14-18(13)15-6-7-20-14/h4-5,8,15H,1-3,6-7,9H2. The minimum atomic E-state index is 0.444. The van der Waals surface area contributed by atoms with Gasteiger partial charge >= 0.3 is 0 Å². The van der Waals surface area contributed by atoms with Gasteiger partial charge in [-0.05, 0) is 42.5 Å². The molecule has 0 radical (unpaired) electrons. The third-order valence-electron chi connectivity index (χ3n) is 3.74. The van der Waals surface area contributed by atoms with Crippen LogP contribution in [0.2, 0.25) is 0 Å². The van der Waals surface area contributed by atoms with Crippen LogP contribution in [-0.4, -0.2) is 27.2 Å². The predicted molar refractivity (Wildman–Crippen MR) is 77.8 cm³/mol. The third-order valence-corrected chi connectivity index (χ3v) is 4.67. The molecule has 1 N–H and O–H groups in total. The van der Waals surface area contributed by atoms with Gasteiger partial charge < -0.3 is 10.2 Å². The summed E-state index contributed by atoms with van der Waals surface area (Å²) in [4.78, 5) is 0. The molecular formula is C14H16N4OS.